The molecule has 10 atom stereocenters. The van der Waals surface area contributed by atoms with Gasteiger partial charge in [0.05, 0.1) is 19.3 Å². The Labute approximate surface area is 183 Å². The maximum Gasteiger partial charge on any atom is 0.305 e. The first kappa shape index (κ1) is 22.6. The molecule has 4 nitrogen and oxygen atoms in total. The summed E-state index contributed by atoms with van der Waals surface area (Å²) in [6.45, 7) is 7.40. The number of rotatable bonds is 5. The zero-order valence-electron chi connectivity index (χ0n) is 19.9. The lowest BCUT2D eigenvalue weighted by molar-refractivity contribution is -0.176. The van der Waals surface area contributed by atoms with Gasteiger partial charge in [-0.25, -0.2) is 0 Å². The summed E-state index contributed by atoms with van der Waals surface area (Å²) in [6.07, 6.45) is 11.3. The number of methoxy groups -OCH3 is 2. The Morgan fingerprint density at radius 2 is 1.73 bits per heavy atom. The Hall–Kier alpha value is -0.610. The smallest absolute Gasteiger partial charge is 0.305 e. The van der Waals surface area contributed by atoms with Gasteiger partial charge in [-0.1, -0.05) is 20.8 Å². The molecule has 4 saturated carbocycles. The van der Waals surface area contributed by atoms with E-state index in [0.29, 0.717) is 58.9 Å². The number of hydrogen-bond donors (Lipinski definition) is 1. The fourth-order valence-electron chi connectivity index (χ4n) is 9.02. The van der Waals surface area contributed by atoms with Gasteiger partial charge in [-0.05, 0) is 104 Å². The van der Waals surface area contributed by atoms with Crippen molar-refractivity contribution in [2.75, 3.05) is 14.2 Å². The van der Waals surface area contributed by atoms with Gasteiger partial charge < -0.3 is 14.6 Å². The van der Waals surface area contributed by atoms with Gasteiger partial charge in [0.25, 0.3) is 0 Å². The first-order valence-corrected chi connectivity index (χ1v) is 12.5. The van der Waals surface area contributed by atoms with E-state index >= 15 is 0 Å². The van der Waals surface area contributed by atoms with E-state index in [1.54, 1.807) is 0 Å². The summed E-state index contributed by atoms with van der Waals surface area (Å²) >= 11 is 0. The fraction of sp³-hybridized carbons (Fsp3) is 0.962. The largest absolute Gasteiger partial charge is 0.469 e. The number of carbonyl (C=O) groups is 1. The molecule has 30 heavy (non-hydrogen) atoms. The van der Waals surface area contributed by atoms with Crippen molar-refractivity contribution in [2.24, 2.45) is 46.3 Å². The van der Waals surface area contributed by atoms with Gasteiger partial charge >= 0.3 is 5.97 Å². The molecule has 0 aliphatic heterocycles. The van der Waals surface area contributed by atoms with Crippen LogP contribution < -0.4 is 0 Å². The van der Waals surface area contributed by atoms with Crippen LogP contribution in [0.3, 0.4) is 0 Å². The topological polar surface area (TPSA) is 55.8 Å². The fourth-order valence-corrected chi connectivity index (χ4v) is 9.02. The van der Waals surface area contributed by atoms with Gasteiger partial charge in [0.15, 0.2) is 0 Å². The second-order valence-corrected chi connectivity index (χ2v) is 11.7. The molecule has 0 aromatic rings. The summed E-state index contributed by atoms with van der Waals surface area (Å²) in [7, 11) is 3.33. The first-order valence-electron chi connectivity index (χ1n) is 12.5. The molecule has 10 unspecified atom stereocenters. The first-order chi connectivity index (χ1) is 14.2. The van der Waals surface area contributed by atoms with Crippen LogP contribution in [0.5, 0.6) is 0 Å². The van der Waals surface area contributed by atoms with E-state index in [1.807, 2.05) is 7.11 Å². The van der Waals surface area contributed by atoms with Crippen molar-refractivity contribution in [3.8, 4) is 0 Å². The Kier molecular flexibility index (Phi) is 6.31. The third-order valence-electron chi connectivity index (χ3n) is 10.8. The van der Waals surface area contributed by atoms with Crippen molar-refractivity contribution in [3.63, 3.8) is 0 Å². The van der Waals surface area contributed by atoms with E-state index in [0.717, 1.165) is 19.3 Å². The van der Waals surface area contributed by atoms with Crippen LogP contribution in [0.2, 0.25) is 0 Å². The van der Waals surface area contributed by atoms with Crippen molar-refractivity contribution in [1.82, 2.24) is 0 Å². The number of ether oxygens (including phenoxy) is 2. The molecule has 4 rings (SSSR count). The van der Waals surface area contributed by atoms with E-state index in [9.17, 15) is 9.90 Å². The van der Waals surface area contributed by atoms with Gasteiger partial charge in [0.1, 0.15) is 0 Å². The maximum atomic E-state index is 11.7. The molecular formula is C26H44O4. The lowest BCUT2D eigenvalue weighted by Gasteiger charge is -2.62. The van der Waals surface area contributed by atoms with E-state index < -0.39 is 0 Å². The maximum absolute atomic E-state index is 11.7. The Morgan fingerprint density at radius 3 is 2.43 bits per heavy atom. The summed E-state index contributed by atoms with van der Waals surface area (Å²) < 4.78 is 10.6. The number of carbonyl (C=O) groups excluding carboxylic acids is 1. The van der Waals surface area contributed by atoms with Gasteiger partial charge in [-0.15, -0.1) is 0 Å². The highest BCUT2D eigenvalue weighted by molar-refractivity contribution is 5.69. The highest BCUT2D eigenvalue weighted by atomic mass is 16.5. The zero-order valence-corrected chi connectivity index (χ0v) is 19.9. The number of aliphatic hydroxyl groups excluding tert-OH is 1. The van der Waals surface area contributed by atoms with Crippen LogP contribution in [0.15, 0.2) is 0 Å². The molecule has 0 aromatic heterocycles. The molecular weight excluding hydrogens is 376 g/mol. The Balaban J connectivity index is 1.52. The number of esters is 1. The van der Waals surface area contributed by atoms with Crippen LogP contribution in [-0.2, 0) is 14.3 Å². The SMILES string of the molecule is COC(=O)CCC(C)C1CCC2C3C(O)CC4CC(OC)CCC4(C)C3CCC12C. The van der Waals surface area contributed by atoms with Gasteiger partial charge in [0, 0.05) is 13.5 Å². The zero-order chi connectivity index (χ0) is 21.7. The van der Waals surface area contributed by atoms with E-state index in [4.69, 9.17) is 9.47 Å². The van der Waals surface area contributed by atoms with Crippen LogP contribution in [0.1, 0.15) is 85.0 Å². The molecule has 0 amide bonds. The number of fused-ring (bicyclic) bond motifs is 5. The molecule has 0 radical (unpaired) electrons. The Bertz CT molecular complexity index is 635. The van der Waals surface area contributed by atoms with Crippen LogP contribution in [-0.4, -0.2) is 37.5 Å². The Morgan fingerprint density at radius 1 is 1.03 bits per heavy atom. The summed E-state index contributed by atoms with van der Waals surface area (Å²) in [5.74, 6) is 3.47. The molecule has 4 aliphatic carbocycles. The van der Waals surface area contributed by atoms with E-state index in [2.05, 4.69) is 20.8 Å². The van der Waals surface area contributed by atoms with Crippen molar-refractivity contribution >= 4 is 5.97 Å². The monoisotopic (exact) mass is 420 g/mol. The van der Waals surface area contributed by atoms with Gasteiger partial charge in [0.2, 0.25) is 0 Å². The molecule has 0 aromatic carbocycles. The summed E-state index contributed by atoms with van der Waals surface area (Å²) in [6, 6.07) is 0. The quantitative estimate of drug-likeness (QED) is 0.620. The van der Waals surface area contributed by atoms with E-state index in [1.165, 1.54) is 45.6 Å². The lowest BCUT2D eigenvalue weighted by Crippen LogP contribution is -2.58. The van der Waals surface area contributed by atoms with Crippen molar-refractivity contribution in [3.05, 3.63) is 0 Å². The van der Waals surface area contributed by atoms with Crippen molar-refractivity contribution in [1.29, 1.82) is 0 Å². The molecule has 172 valence electrons. The minimum absolute atomic E-state index is 0.0846. The predicted molar refractivity (Wildman–Crippen MR) is 118 cm³/mol. The lowest BCUT2D eigenvalue weighted by atomic mass is 9.43. The van der Waals surface area contributed by atoms with Crippen molar-refractivity contribution in [2.45, 2.75) is 97.2 Å². The molecule has 0 saturated heterocycles. The highest BCUT2D eigenvalue weighted by Gasteiger charge is 2.62. The highest BCUT2D eigenvalue weighted by Crippen LogP contribution is 2.68. The molecule has 4 fully saturated rings. The van der Waals surface area contributed by atoms with Gasteiger partial charge in [-0.3, -0.25) is 4.79 Å². The minimum Gasteiger partial charge on any atom is -0.469 e. The van der Waals surface area contributed by atoms with Crippen LogP contribution in [0, 0.1) is 46.3 Å². The molecule has 4 aliphatic rings. The molecule has 1 N–H and O–H groups in total. The normalized spacial score (nSPS) is 48.9. The molecule has 0 spiro atoms. The molecule has 0 bridgehead atoms. The van der Waals surface area contributed by atoms with Crippen LogP contribution in [0.25, 0.3) is 0 Å². The average Bonchev–Trinajstić information content (AvgIpc) is 3.09. The predicted octanol–water partition coefficient (Wildman–Crippen LogP) is 5.22. The van der Waals surface area contributed by atoms with Crippen LogP contribution in [0.4, 0.5) is 0 Å². The standard InChI is InChI=1S/C26H44O4/c1-16(6-9-23(28)30-5)19-7-8-20-24-21(11-13-26(19,20)3)25(2)12-10-18(29-4)14-17(25)15-22(24)27/h16-22,24,27H,6-15H2,1-5H3. The van der Waals surface area contributed by atoms with E-state index in [-0.39, 0.29) is 12.1 Å². The summed E-state index contributed by atoms with van der Waals surface area (Å²) in [5.41, 5.74) is 0.680. The average molecular weight is 421 g/mol. The minimum atomic E-state index is -0.155. The second kappa shape index (κ2) is 8.39. The van der Waals surface area contributed by atoms with Crippen molar-refractivity contribution < 1.29 is 19.4 Å². The molecule has 4 heteroatoms. The number of hydrogen-bond acceptors (Lipinski definition) is 4. The number of aliphatic hydroxyl groups is 1. The third-order valence-corrected chi connectivity index (χ3v) is 10.8. The van der Waals surface area contributed by atoms with Crippen LogP contribution >= 0.6 is 0 Å². The second-order valence-electron chi connectivity index (χ2n) is 11.7. The third kappa shape index (κ3) is 3.54. The molecule has 0 heterocycles. The summed E-state index contributed by atoms with van der Waals surface area (Å²) in [4.78, 5) is 11.7. The van der Waals surface area contributed by atoms with Gasteiger partial charge in [-0.2, -0.15) is 0 Å². The summed E-state index contributed by atoms with van der Waals surface area (Å²) in [5, 5.41) is 11.4.